The number of benzene rings is 1. The van der Waals surface area contributed by atoms with Gasteiger partial charge < -0.3 is 16.8 Å². The lowest BCUT2D eigenvalue weighted by Crippen LogP contribution is -2.47. The van der Waals surface area contributed by atoms with Gasteiger partial charge in [0, 0.05) is 18.7 Å². The number of nitrogens with one attached hydrogen (secondary N) is 1. The molecule has 1 aliphatic rings. The predicted molar refractivity (Wildman–Crippen MR) is 67.9 cm³/mol. The van der Waals surface area contributed by atoms with Crippen LogP contribution in [0.15, 0.2) is 54.1 Å². The van der Waals surface area contributed by atoms with Gasteiger partial charge in [0.05, 0.1) is 5.66 Å². The van der Waals surface area contributed by atoms with Crippen LogP contribution in [-0.2, 0) is 0 Å². The van der Waals surface area contributed by atoms with Crippen molar-refractivity contribution in [3.8, 4) is 0 Å². The van der Waals surface area contributed by atoms with Crippen molar-refractivity contribution in [3.05, 3.63) is 54.1 Å². The summed E-state index contributed by atoms with van der Waals surface area (Å²) in [7, 11) is 0. The van der Waals surface area contributed by atoms with Crippen LogP contribution < -0.4 is 16.8 Å². The summed E-state index contributed by atoms with van der Waals surface area (Å²) in [6.07, 6.45) is 6.61. The first kappa shape index (κ1) is 10.9. The van der Waals surface area contributed by atoms with Gasteiger partial charge in [0.25, 0.3) is 0 Å². The van der Waals surface area contributed by atoms with Gasteiger partial charge in [-0.15, -0.1) is 0 Å². The summed E-state index contributed by atoms with van der Waals surface area (Å²) in [5.41, 5.74) is 13.2. The van der Waals surface area contributed by atoms with Crippen LogP contribution in [0, 0.1) is 0 Å². The number of para-hydroxylation sites is 1. The molecule has 3 heteroatoms. The zero-order valence-electron chi connectivity index (χ0n) is 9.19. The highest BCUT2D eigenvalue weighted by Crippen LogP contribution is 2.15. The first-order chi connectivity index (χ1) is 7.66. The van der Waals surface area contributed by atoms with Crippen molar-refractivity contribution in [1.29, 1.82) is 0 Å². The Kier molecular flexibility index (Phi) is 3.08. The Hall–Kier alpha value is -1.58. The molecule has 0 fully saturated rings. The third-order valence-electron chi connectivity index (χ3n) is 2.60. The molecule has 0 unspecified atom stereocenters. The molecule has 16 heavy (non-hydrogen) atoms. The highest BCUT2D eigenvalue weighted by Gasteiger charge is 2.16. The highest BCUT2D eigenvalue weighted by atomic mass is 14.9. The lowest BCUT2D eigenvalue weighted by atomic mass is 9.98. The van der Waals surface area contributed by atoms with Crippen LogP contribution in [0.1, 0.15) is 6.42 Å². The van der Waals surface area contributed by atoms with Crippen molar-refractivity contribution in [2.45, 2.75) is 12.1 Å². The quantitative estimate of drug-likeness (QED) is 0.671. The molecule has 0 atom stereocenters. The second-order valence-corrected chi connectivity index (χ2v) is 4.15. The number of nitrogens with two attached hydrogens (primary N) is 2. The summed E-state index contributed by atoms with van der Waals surface area (Å²) in [4.78, 5) is 0. The molecule has 0 saturated heterocycles. The summed E-state index contributed by atoms with van der Waals surface area (Å²) in [5, 5.41) is 3.34. The van der Waals surface area contributed by atoms with E-state index in [0.717, 1.165) is 12.2 Å². The SMILES string of the molecule is NC1(N)C=CC(CNc2ccccc2)=CC1. The summed E-state index contributed by atoms with van der Waals surface area (Å²) in [5.74, 6) is 0. The van der Waals surface area contributed by atoms with Crippen LogP contribution in [0.5, 0.6) is 0 Å². The molecule has 0 saturated carbocycles. The summed E-state index contributed by atoms with van der Waals surface area (Å²) < 4.78 is 0. The molecular formula is C13H17N3. The third kappa shape index (κ3) is 2.95. The largest absolute Gasteiger partial charge is 0.381 e. The fourth-order valence-electron chi connectivity index (χ4n) is 1.60. The highest BCUT2D eigenvalue weighted by molar-refractivity contribution is 5.45. The van der Waals surface area contributed by atoms with E-state index < -0.39 is 5.66 Å². The van der Waals surface area contributed by atoms with Gasteiger partial charge in [0.15, 0.2) is 0 Å². The monoisotopic (exact) mass is 215 g/mol. The van der Waals surface area contributed by atoms with Gasteiger partial charge in [-0.3, -0.25) is 0 Å². The lowest BCUT2D eigenvalue weighted by Gasteiger charge is -2.22. The molecule has 5 N–H and O–H groups in total. The molecule has 0 aliphatic heterocycles. The Labute approximate surface area is 95.8 Å². The second-order valence-electron chi connectivity index (χ2n) is 4.15. The van der Waals surface area contributed by atoms with Crippen LogP contribution in [0.3, 0.4) is 0 Å². The first-order valence-corrected chi connectivity index (χ1v) is 5.41. The van der Waals surface area contributed by atoms with Gasteiger partial charge >= 0.3 is 0 Å². The molecule has 84 valence electrons. The Morgan fingerprint density at radius 2 is 1.94 bits per heavy atom. The van der Waals surface area contributed by atoms with Gasteiger partial charge in [0.2, 0.25) is 0 Å². The average molecular weight is 215 g/mol. The van der Waals surface area contributed by atoms with Gasteiger partial charge in [-0.25, -0.2) is 0 Å². The van der Waals surface area contributed by atoms with Gasteiger partial charge in [-0.2, -0.15) is 0 Å². The minimum atomic E-state index is -0.670. The zero-order valence-corrected chi connectivity index (χ0v) is 9.19. The molecule has 0 radical (unpaired) electrons. The maximum absolute atomic E-state index is 5.77. The van der Waals surface area contributed by atoms with E-state index in [0.29, 0.717) is 6.42 Å². The van der Waals surface area contributed by atoms with E-state index in [9.17, 15) is 0 Å². The first-order valence-electron chi connectivity index (χ1n) is 5.41. The molecule has 0 amide bonds. The van der Waals surface area contributed by atoms with Crippen molar-refractivity contribution < 1.29 is 0 Å². The maximum atomic E-state index is 5.77. The van der Waals surface area contributed by atoms with Crippen LogP contribution >= 0.6 is 0 Å². The topological polar surface area (TPSA) is 64.1 Å². The minimum absolute atomic E-state index is 0.670. The summed E-state index contributed by atoms with van der Waals surface area (Å²) in [6, 6.07) is 10.1. The Morgan fingerprint density at radius 1 is 1.19 bits per heavy atom. The van der Waals surface area contributed by atoms with E-state index in [4.69, 9.17) is 11.5 Å². The van der Waals surface area contributed by atoms with Crippen molar-refractivity contribution in [2.24, 2.45) is 11.5 Å². The van der Waals surface area contributed by atoms with Crippen LogP contribution in [0.4, 0.5) is 5.69 Å². The molecule has 0 heterocycles. The Balaban J connectivity index is 1.89. The predicted octanol–water partition coefficient (Wildman–Crippen LogP) is 1.60. The molecule has 1 aliphatic carbocycles. The normalized spacial score (nSPS) is 18.0. The average Bonchev–Trinajstić information content (AvgIpc) is 2.29. The van der Waals surface area contributed by atoms with E-state index >= 15 is 0 Å². The number of hydrogen-bond donors (Lipinski definition) is 3. The third-order valence-corrected chi connectivity index (χ3v) is 2.60. The lowest BCUT2D eigenvalue weighted by molar-refractivity contribution is 0.554. The van der Waals surface area contributed by atoms with Gasteiger partial charge in [0.1, 0.15) is 0 Å². The smallest absolute Gasteiger partial charge is 0.0867 e. The summed E-state index contributed by atoms with van der Waals surface area (Å²) in [6.45, 7) is 0.802. The second kappa shape index (κ2) is 4.51. The number of anilines is 1. The molecular weight excluding hydrogens is 198 g/mol. The Bertz CT molecular complexity index is 404. The van der Waals surface area contributed by atoms with E-state index in [1.165, 1.54) is 5.57 Å². The van der Waals surface area contributed by atoms with Crippen LogP contribution in [0.2, 0.25) is 0 Å². The summed E-state index contributed by atoms with van der Waals surface area (Å²) >= 11 is 0. The fourth-order valence-corrected chi connectivity index (χ4v) is 1.60. The van der Waals surface area contributed by atoms with Crippen molar-refractivity contribution in [3.63, 3.8) is 0 Å². The van der Waals surface area contributed by atoms with Crippen molar-refractivity contribution in [1.82, 2.24) is 0 Å². The number of hydrogen-bond acceptors (Lipinski definition) is 3. The van der Waals surface area contributed by atoms with Gasteiger partial charge in [-0.05, 0) is 23.8 Å². The van der Waals surface area contributed by atoms with Crippen molar-refractivity contribution >= 4 is 5.69 Å². The molecule has 3 nitrogen and oxygen atoms in total. The van der Waals surface area contributed by atoms with E-state index in [1.807, 2.05) is 42.5 Å². The minimum Gasteiger partial charge on any atom is -0.381 e. The van der Waals surface area contributed by atoms with Crippen LogP contribution in [-0.4, -0.2) is 12.2 Å². The number of rotatable bonds is 3. The van der Waals surface area contributed by atoms with E-state index in [-0.39, 0.29) is 0 Å². The molecule has 1 aromatic rings. The zero-order chi connectivity index (χ0) is 11.4. The molecule has 2 rings (SSSR count). The standard InChI is InChI=1S/C13H17N3/c14-13(15)8-6-11(7-9-13)10-16-12-4-2-1-3-5-12/h1-8,16H,9-10,14-15H2. The molecule has 0 aromatic heterocycles. The maximum Gasteiger partial charge on any atom is 0.0867 e. The van der Waals surface area contributed by atoms with E-state index in [2.05, 4.69) is 11.4 Å². The molecule has 0 spiro atoms. The van der Waals surface area contributed by atoms with E-state index in [1.54, 1.807) is 0 Å². The van der Waals surface area contributed by atoms with Crippen molar-refractivity contribution in [2.75, 3.05) is 11.9 Å². The van der Waals surface area contributed by atoms with Gasteiger partial charge in [-0.1, -0.05) is 30.4 Å². The fraction of sp³-hybridized carbons (Fsp3) is 0.231. The van der Waals surface area contributed by atoms with Crippen LogP contribution in [0.25, 0.3) is 0 Å². The molecule has 1 aromatic carbocycles. The Morgan fingerprint density at radius 3 is 2.56 bits per heavy atom. The molecule has 0 bridgehead atoms.